The highest BCUT2D eigenvalue weighted by Crippen LogP contribution is 2.28. The molecule has 2 heterocycles. The maximum atomic E-state index is 5.41. The molecule has 0 saturated carbocycles. The zero-order chi connectivity index (χ0) is 11.4. The van der Waals surface area contributed by atoms with Crippen LogP contribution in [0.3, 0.4) is 0 Å². The summed E-state index contributed by atoms with van der Waals surface area (Å²) >= 11 is 0. The lowest BCUT2D eigenvalue weighted by Gasteiger charge is -2.29. The van der Waals surface area contributed by atoms with Crippen LogP contribution in [0, 0.1) is 12.8 Å². The lowest BCUT2D eigenvalue weighted by atomic mass is 9.89. The second-order valence-corrected chi connectivity index (χ2v) is 4.47. The van der Waals surface area contributed by atoms with E-state index in [0.717, 1.165) is 31.7 Å². The Hall–Kier alpha value is -0.930. The van der Waals surface area contributed by atoms with Crippen molar-refractivity contribution in [2.75, 3.05) is 20.3 Å². The Kier molecular flexibility index (Phi) is 3.91. The molecule has 1 aliphatic rings. The van der Waals surface area contributed by atoms with Crippen molar-refractivity contribution in [3.8, 4) is 0 Å². The van der Waals surface area contributed by atoms with Gasteiger partial charge in [-0.15, -0.1) is 0 Å². The van der Waals surface area contributed by atoms with Crippen LogP contribution in [0.1, 0.15) is 30.1 Å². The fourth-order valence-corrected chi connectivity index (χ4v) is 2.40. The Morgan fingerprint density at radius 2 is 2.19 bits per heavy atom. The van der Waals surface area contributed by atoms with Gasteiger partial charge < -0.3 is 10.1 Å². The monoisotopic (exact) mass is 220 g/mol. The number of rotatable bonds is 3. The number of nitrogens with zero attached hydrogens (tertiary/aromatic N) is 1. The Bertz CT molecular complexity index is 334. The Morgan fingerprint density at radius 1 is 1.44 bits per heavy atom. The summed E-state index contributed by atoms with van der Waals surface area (Å²) in [7, 11) is 2.02. The number of nitrogens with one attached hydrogen (secondary N) is 1. The minimum atomic E-state index is 0.365. The van der Waals surface area contributed by atoms with E-state index >= 15 is 0 Å². The van der Waals surface area contributed by atoms with E-state index in [4.69, 9.17) is 4.74 Å². The normalized spacial score (nSPS) is 19.6. The first-order valence-corrected chi connectivity index (χ1v) is 5.99. The van der Waals surface area contributed by atoms with E-state index in [-0.39, 0.29) is 0 Å². The van der Waals surface area contributed by atoms with Crippen molar-refractivity contribution in [1.82, 2.24) is 10.3 Å². The van der Waals surface area contributed by atoms with Crippen LogP contribution >= 0.6 is 0 Å². The van der Waals surface area contributed by atoms with Crippen LogP contribution in [0.15, 0.2) is 18.3 Å². The molecular formula is C13H20N2O. The van der Waals surface area contributed by atoms with Gasteiger partial charge in [-0.1, -0.05) is 0 Å². The second-order valence-electron chi connectivity index (χ2n) is 4.47. The van der Waals surface area contributed by atoms with Crippen molar-refractivity contribution in [3.05, 3.63) is 29.6 Å². The topological polar surface area (TPSA) is 34.2 Å². The fraction of sp³-hybridized carbons (Fsp3) is 0.615. The Balaban J connectivity index is 2.14. The summed E-state index contributed by atoms with van der Waals surface area (Å²) < 4.78 is 5.41. The summed E-state index contributed by atoms with van der Waals surface area (Å²) in [5, 5.41) is 3.40. The predicted octanol–water partition coefficient (Wildman–Crippen LogP) is 2.08. The van der Waals surface area contributed by atoms with Gasteiger partial charge in [0, 0.05) is 19.4 Å². The summed E-state index contributed by atoms with van der Waals surface area (Å²) in [4.78, 5) is 4.48. The van der Waals surface area contributed by atoms with Gasteiger partial charge in [0.1, 0.15) is 0 Å². The number of aromatic nitrogens is 1. The zero-order valence-corrected chi connectivity index (χ0v) is 10.1. The lowest BCUT2D eigenvalue weighted by Crippen LogP contribution is -2.30. The van der Waals surface area contributed by atoms with Gasteiger partial charge in [0.2, 0.25) is 0 Å². The minimum absolute atomic E-state index is 0.365. The number of hydrogen-bond acceptors (Lipinski definition) is 3. The molecule has 1 aliphatic heterocycles. The Labute approximate surface area is 97.2 Å². The first kappa shape index (κ1) is 11.6. The van der Waals surface area contributed by atoms with Crippen molar-refractivity contribution in [1.29, 1.82) is 0 Å². The SMILES string of the molecule is CNC(c1cc(C)ccn1)C1CCOCC1. The molecule has 0 amide bonds. The molecule has 0 spiro atoms. The Morgan fingerprint density at radius 3 is 2.81 bits per heavy atom. The van der Waals surface area contributed by atoms with E-state index in [1.54, 1.807) is 0 Å². The number of aryl methyl sites for hydroxylation is 1. The van der Waals surface area contributed by atoms with Crippen molar-refractivity contribution >= 4 is 0 Å². The predicted molar refractivity (Wildman–Crippen MR) is 64.3 cm³/mol. The van der Waals surface area contributed by atoms with Gasteiger partial charge in [-0.25, -0.2) is 0 Å². The molecule has 3 nitrogen and oxygen atoms in total. The molecule has 16 heavy (non-hydrogen) atoms. The molecule has 1 saturated heterocycles. The molecule has 1 aromatic rings. The lowest BCUT2D eigenvalue weighted by molar-refractivity contribution is 0.0541. The summed E-state index contributed by atoms with van der Waals surface area (Å²) in [6, 6.07) is 4.58. The van der Waals surface area contributed by atoms with Gasteiger partial charge in [0.15, 0.2) is 0 Å². The highest BCUT2D eigenvalue weighted by Gasteiger charge is 2.24. The largest absolute Gasteiger partial charge is 0.381 e. The third kappa shape index (κ3) is 2.60. The minimum Gasteiger partial charge on any atom is -0.381 e. The van der Waals surface area contributed by atoms with Crippen LogP contribution in [-0.2, 0) is 4.74 Å². The van der Waals surface area contributed by atoms with Crippen LogP contribution in [0.2, 0.25) is 0 Å². The van der Waals surface area contributed by atoms with Crippen LogP contribution in [-0.4, -0.2) is 25.2 Å². The van der Waals surface area contributed by atoms with Crippen LogP contribution in [0.5, 0.6) is 0 Å². The molecule has 1 N–H and O–H groups in total. The smallest absolute Gasteiger partial charge is 0.0578 e. The number of ether oxygens (including phenoxy) is 1. The summed E-state index contributed by atoms with van der Waals surface area (Å²) in [5.41, 5.74) is 2.44. The first-order chi connectivity index (χ1) is 7.81. The van der Waals surface area contributed by atoms with Gasteiger partial charge in [0.05, 0.1) is 11.7 Å². The fourth-order valence-electron chi connectivity index (χ4n) is 2.40. The molecular weight excluding hydrogens is 200 g/mol. The maximum Gasteiger partial charge on any atom is 0.0578 e. The summed E-state index contributed by atoms with van der Waals surface area (Å²) in [6.45, 7) is 3.88. The van der Waals surface area contributed by atoms with Gasteiger partial charge in [-0.05, 0) is 50.4 Å². The van der Waals surface area contributed by atoms with Gasteiger partial charge >= 0.3 is 0 Å². The highest BCUT2D eigenvalue weighted by atomic mass is 16.5. The van der Waals surface area contributed by atoms with Gasteiger partial charge in [-0.3, -0.25) is 4.98 Å². The molecule has 1 aromatic heterocycles. The van der Waals surface area contributed by atoms with Crippen molar-refractivity contribution < 1.29 is 4.74 Å². The standard InChI is InChI=1S/C13H20N2O/c1-10-3-6-15-12(9-10)13(14-2)11-4-7-16-8-5-11/h3,6,9,11,13-14H,4-5,7-8H2,1-2H3. The molecule has 88 valence electrons. The quantitative estimate of drug-likeness (QED) is 0.847. The molecule has 0 aliphatic carbocycles. The maximum absolute atomic E-state index is 5.41. The molecule has 0 radical (unpaired) electrons. The van der Waals surface area contributed by atoms with E-state index in [1.807, 2.05) is 19.3 Å². The highest BCUT2D eigenvalue weighted by molar-refractivity contribution is 5.18. The first-order valence-electron chi connectivity index (χ1n) is 5.99. The third-order valence-corrected chi connectivity index (χ3v) is 3.30. The van der Waals surface area contributed by atoms with E-state index < -0.39 is 0 Å². The number of hydrogen-bond donors (Lipinski definition) is 1. The molecule has 0 bridgehead atoms. The van der Waals surface area contributed by atoms with Crippen molar-refractivity contribution in [3.63, 3.8) is 0 Å². The molecule has 1 fully saturated rings. The van der Waals surface area contributed by atoms with E-state index in [1.165, 1.54) is 5.56 Å². The average molecular weight is 220 g/mol. The van der Waals surface area contributed by atoms with Crippen molar-refractivity contribution in [2.24, 2.45) is 5.92 Å². The molecule has 3 heteroatoms. The second kappa shape index (κ2) is 5.41. The van der Waals surface area contributed by atoms with E-state index in [9.17, 15) is 0 Å². The molecule has 0 aromatic carbocycles. The van der Waals surface area contributed by atoms with E-state index in [2.05, 4.69) is 23.3 Å². The van der Waals surface area contributed by atoms with E-state index in [0.29, 0.717) is 12.0 Å². The van der Waals surface area contributed by atoms with Crippen molar-refractivity contribution in [2.45, 2.75) is 25.8 Å². The zero-order valence-electron chi connectivity index (χ0n) is 10.1. The average Bonchev–Trinajstić information content (AvgIpc) is 2.31. The van der Waals surface area contributed by atoms with Gasteiger partial charge in [0.25, 0.3) is 0 Å². The van der Waals surface area contributed by atoms with Crippen LogP contribution in [0.25, 0.3) is 0 Å². The molecule has 2 rings (SSSR count). The molecule has 1 unspecified atom stereocenters. The number of pyridine rings is 1. The molecule has 1 atom stereocenters. The van der Waals surface area contributed by atoms with Gasteiger partial charge in [-0.2, -0.15) is 0 Å². The third-order valence-electron chi connectivity index (χ3n) is 3.30. The van der Waals surface area contributed by atoms with Crippen LogP contribution < -0.4 is 5.32 Å². The summed E-state index contributed by atoms with van der Waals surface area (Å²) in [6.07, 6.45) is 4.15. The van der Waals surface area contributed by atoms with Crippen LogP contribution in [0.4, 0.5) is 0 Å². The summed E-state index contributed by atoms with van der Waals surface area (Å²) in [5.74, 6) is 0.646.